The molecule has 0 bridgehead atoms. The van der Waals surface area contributed by atoms with E-state index in [2.05, 4.69) is 39.6 Å². The third kappa shape index (κ3) is 2.41. The second kappa shape index (κ2) is 5.44. The average Bonchev–Trinajstić information content (AvgIpc) is 2.92. The van der Waals surface area contributed by atoms with Gasteiger partial charge < -0.3 is 4.57 Å². The minimum Gasteiger partial charge on any atom is -0.333 e. The van der Waals surface area contributed by atoms with Crippen LogP contribution in [0.15, 0.2) is 23.2 Å². The van der Waals surface area contributed by atoms with Gasteiger partial charge in [-0.2, -0.15) is 11.3 Å². The van der Waals surface area contributed by atoms with Crippen LogP contribution < -0.4 is 11.3 Å². The molecule has 0 saturated heterocycles. The Morgan fingerprint density at radius 3 is 2.94 bits per heavy atom. The number of hydrogen-bond acceptors (Lipinski definition) is 4. The molecule has 92 valence electrons. The van der Waals surface area contributed by atoms with Crippen molar-refractivity contribution in [3.05, 3.63) is 40.1 Å². The number of nitrogens with one attached hydrogen (secondary N) is 1. The quantitative estimate of drug-likeness (QED) is 0.632. The highest BCUT2D eigenvalue weighted by atomic mass is 32.1. The van der Waals surface area contributed by atoms with Crippen molar-refractivity contribution in [2.24, 2.45) is 5.84 Å². The Labute approximate surface area is 105 Å². The Morgan fingerprint density at radius 2 is 2.35 bits per heavy atom. The van der Waals surface area contributed by atoms with Crippen molar-refractivity contribution in [2.75, 3.05) is 0 Å². The van der Waals surface area contributed by atoms with Crippen molar-refractivity contribution in [2.45, 2.75) is 32.9 Å². The van der Waals surface area contributed by atoms with Gasteiger partial charge in [-0.05, 0) is 35.2 Å². The second-order valence-electron chi connectivity index (χ2n) is 4.09. The molecule has 1 unspecified atom stereocenters. The van der Waals surface area contributed by atoms with E-state index in [4.69, 9.17) is 5.84 Å². The van der Waals surface area contributed by atoms with E-state index in [9.17, 15) is 0 Å². The predicted octanol–water partition coefficient (Wildman–Crippen LogP) is 2.22. The summed E-state index contributed by atoms with van der Waals surface area (Å²) < 4.78 is 2.15. The molecule has 0 aliphatic rings. The van der Waals surface area contributed by atoms with Crippen LogP contribution in [-0.4, -0.2) is 9.55 Å². The molecule has 2 rings (SSSR count). The summed E-state index contributed by atoms with van der Waals surface area (Å²) in [5, 5.41) is 4.26. The van der Waals surface area contributed by atoms with Crippen LogP contribution in [0, 0.1) is 6.92 Å². The van der Waals surface area contributed by atoms with Crippen LogP contribution in [0.2, 0.25) is 0 Å². The molecule has 0 saturated carbocycles. The SMILES string of the molecule is CCCn1ccnc1C(NN)c1cscc1C. The summed E-state index contributed by atoms with van der Waals surface area (Å²) in [5.41, 5.74) is 5.33. The molecular formula is C12H18N4S. The van der Waals surface area contributed by atoms with Crippen molar-refractivity contribution < 1.29 is 0 Å². The van der Waals surface area contributed by atoms with Crippen LogP contribution >= 0.6 is 11.3 Å². The molecule has 3 N–H and O–H groups in total. The maximum atomic E-state index is 5.69. The first-order valence-electron chi connectivity index (χ1n) is 5.77. The number of nitrogens with zero attached hydrogens (tertiary/aromatic N) is 2. The van der Waals surface area contributed by atoms with Crippen LogP contribution in [0.5, 0.6) is 0 Å². The summed E-state index contributed by atoms with van der Waals surface area (Å²) in [6.45, 7) is 5.23. The molecule has 0 spiro atoms. The lowest BCUT2D eigenvalue weighted by Gasteiger charge is -2.17. The molecule has 0 aliphatic heterocycles. The molecule has 1 atom stereocenters. The number of imidazole rings is 1. The number of hydrazine groups is 1. The smallest absolute Gasteiger partial charge is 0.131 e. The number of rotatable bonds is 5. The van der Waals surface area contributed by atoms with E-state index in [-0.39, 0.29) is 6.04 Å². The van der Waals surface area contributed by atoms with Gasteiger partial charge in [0.15, 0.2) is 0 Å². The van der Waals surface area contributed by atoms with Crippen molar-refractivity contribution in [3.8, 4) is 0 Å². The fourth-order valence-corrected chi connectivity index (χ4v) is 2.86. The summed E-state index contributed by atoms with van der Waals surface area (Å²) in [7, 11) is 0. The lowest BCUT2D eigenvalue weighted by molar-refractivity contribution is 0.545. The molecule has 2 aromatic rings. The van der Waals surface area contributed by atoms with Crippen LogP contribution in [-0.2, 0) is 6.54 Å². The van der Waals surface area contributed by atoms with E-state index < -0.39 is 0 Å². The molecular weight excluding hydrogens is 232 g/mol. The second-order valence-corrected chi connectivity index (χ2v) is 4.83. The summed E-state index contributed by atoms with van der Waals surface area (Å²) in [6, 6.07) is -0.0252. The van der Waals surface area contributed by atoms with Crippen LogP contribution in [0.3, 0.4) is 0 Å². The minimum absolute atomic E-state index is 0.0252. The Morgan fingerprint density at radius 1 is 1.53 bits per heavy atom. The maximum absolute atomic E-state index is 5.69. The molecule has 0 aliphatic carbocycles. The standard InChI is InChI=1S/C12H18N4S/c1-3-5-16-6-4-14-12(16)11(15-13)10-8-17-7-9(10)2/h4,6-8,11,15H,3,5,13H2,1-2H3. The molecule has 0 fully saturated rings. The highest BCUT2D eigenvalue weighted by Gasteiger charge is 2.19. The van der Waals surface area contributed by atoms with Gasteiger partial charge in [-0.25, -0.2) is 10.4 Å². The largest absolute Gasteiger partial charge is 0.333 e. The highest BCUT2D eigenvalue weighted by Crippen LogP contribution is 2.26. The van der Waals surface area contributed by atoms with E-state index in [1.165, 1.54) is 11.1 Å². The van der Waals surface area contributed by atoms with Crippen molar-refractivity contribution >= 4 is 11.3 Å². The van der Waals surface area contributed by atoms with Gasteiger partial charge in [0.2, 0.25) is 0 Å². The van der Waals surface area contributed by atoms with Gasteiger partial charge in [0.05, 0.1) is 0 Å². The number of aromatic nitrogens is 2. The fraction of sp³-hybridized carbons (Fsp3) is 0.417. The Balaban J connectivity index is 2.35. The van der Waals surface area contributed by atoms with Crippen LogP contribution in [0.1, 0.15) is 36.3 Å². The maximum Gasteiger partial charge on any atom is 0.131 e. The van der Waals surface area contributed by atoms with Crippen molar-refractivity contribution in [3.63, 3.8) is 0 Å². The summed E-state index contributed by atoms with van der Waals surface area (Å²) >= 11 is 1.69. The van der Waals surface area contributed by atoms with E-state index in [1.54, 1.807) is 11.3 Å². The topological polar surface area (TPSA) is 55.9 Å². The Hall–Kier alpha value is -1.17. The first kappa shape index (κ1) is 12.3. The number of thiophene rings is 1. The fourth-order valence-electron chi connectivity index (χ4n) is 1.98. The average molecular weight is 250 g/mol. The highest BCUT2D eigenvalue weighted by molar-refractivity contribution is 7.08. The van der Waals surface area contributed by atoms with Gasteiger partial charge in [0.1, 0.15) is 11.9 Å². The first-order valence-corrected chi connectivity index (χ1v) is 6.72. The van der Waals surface area contributed by atoms with Crippen LogP contribution in [0.25, 0.3) is 0 Å². The van der Waals surface area contributed by atoms with Crippen molar-refractivity contribution in [1.29, 1.82) is 0 Å². The minimum atomic E-state index is -0.0252. The van der Waals surface area contributed by atoms with Crippen molar-refractivity contribution in [1.82, 2.24) is 15.0 Å². The molecule has 17 heavy (non-hydrogen) atoms. The molecule has 2 aromatic heterocycles. The lowest BCUT2D eigenvalue weighted by atomic mass is 10.1. The molecule has 4 nitrogen and oxygen atoms in total. The zero-order valence-electron chi connectivity index (χ0n) is 10.2. The number of aryl methyl sites for hydroxylation is 2. The van der Waals surface area contributed by atoms with Gasteiger partial charge in [0.25, 0.3) is 0 Å². The number of nitrogens with two attached hydrogens (primary N) is 1. The van der Waals surface area contributed by atoms with E-state index >= 15 is 0 Å². The third-order valence-corrected chi connectivity index (χ3v) is 3.72. The first-order chi connectivity index (χ1) is 8.27. The van der Waals surface area contributed by atoms with Gasteiger partial charge in [-0.3, -0.25) is 5.84 Å². The number of hydrogen-bond donors (Lipinski definition) is 2. The molecule has 0 aromatic carbocycles. The molecule has 2 heterocycles. The molecule has 5 heteroatoms. The summed E-state index contributed by atoms with van der Waals surface area (Å²) in [4.78, 5) is 4.43. The zero-order chi connectivity index (χ0) is 12.3. The normalized spacial score (nSPS) is 12.9. The molecule has 0 radical (unpaired) electrons. The van der Waals surface area contributed by atoms with Gasteiger partial charge in [0, 0.05) is 18.9 Å². The van der Waals surface area contributed by atoms with E-state index in [0.29, 0.717) is 0 Å². The third-order valence-electron chi connectivity index (χ3n) is 2.84. The van der Waals surface area contributed by atoms with Gasteiger partial charge >= 0.3 is 0 Å². The Bertz CT molecular complexity index is 474. The van der Waals surface area contributed by atoms with E-state index in [0.717, 1.165) is 18.8 Å². The lowest BCUT2D eigenvalue weighted by Crippen LogP contribution is -2.31. The zero-order valence-corrected chi connectivity index (χ0v) is 11.0. The predicted molar refractivity (Wildman–Crippen MR) is 70.7 cm³/mol. The summed E-state index contributed by atoms with van der Waals surface area (Å²) in [5.74, 6) is 6.67. The monoisotopic (exact) mass is 250 g/mol. The Kier molecular flexibility index (Phi) is 3.93. The van der Waals surface area contributed by atoms with Gasteiger partial charge in [-0.15, -0.1) is 0 Å². The van der Waals surface area contributed by atoms with Gasteiger partial charge in [-0.1, -0.05) is 6.92 Å². The van der Waals surface area contributed by atoms with Crippen LogP contribution in [0.4, 0.5) is 0 Å². The summed E-state index contributed by atoms with van der Waals surface area (Å²) in [6.07, 6.45) is 4.92. The molecule has 0 amide bonds. The van der Waals surface area contributed by atoms with E-state index in [1.807, 2.05) is 12.4 Å².